The van der Waals surface area contributed by atoms with Crippen molar-refractivity contribution in [2.45, 2.75) is 40.0 Å². The molecule has 0 saturated carbocycles. The van der Waals surface area contributed by atoms with E-state index in [4.69, 9.17) is 0 Å². The van der Waals surface area contributed by atoms with Gasteiger partial charge in [-0.05, 0) is 76.6 Å². The Labute approximate surface area is 209 Å². The van der Waals surface area contributed by atoms with Gasteiger partial charge in [0.2, 0.25) is 11.4 Å². The van der Waals surface area contributed by atoms with E-state index in [0.29, 0.717) is 0 Å². The van der Waals surface area contributed by atoms with Gasteiger partial charge in [0.1, 0.15) is 7.05 Å². The number of benzene rings is 4. The second-order valence-electron chi connectivity index (χ2n) is 10.6. The first kappa shape index (κ1) is 23.1. The predicted octanol–water partition coefficient (Wildman–Crippen LogP) is 8.58. The number of aryl methyl sites for hydroxylation is 2. The van der Waals surface area contributed by atoms with Gasteiger partial charge in [0.15, 0.2) is 0 Å². The van der Waals surface area contributed by atoms with Gasteiger partial charge in [-0.15, -0.1) is 0 Å². The number of hydrogen-bond acceptors (Lipinski definition) is 0. The van der Waals surface area contributed by atoms with E-state index in [-0.39, 0.29) is 5.41 Å². The summed E-state index contributed by atoms with van der Waals surface area (Å²) < 4.78 is 2.37. The summed E-state index contributed by atoms with van der Waals surface area (Å²) in [6.07, 6.45) is 0. The van der Waals surface area contributed by atoms with Gasteiger partial charge < -0.3 is 0 Å². The Hall–Kier alpha value is -3.71. The molecule has 5 rings (SSSR count). The minimum absolute atomic E-state index is 0.0550. The molecule has 4 aromatic carbocycles. The van der Waals surface area contributed by atoms with E-state index in [1.54, 1.807) is 0 Å². The fraction of sp³-hybridized carbons (Fsp3) is 0.206. The smallest absolute Gasteiger partial charge is 0.194 e. The summed E-state index contributed by atoms with van der Waals surface area (Å²) in [4.78, 5) is 0. The number of rotatable bonds is 3. The van der Waals surface area contributed by atoms with Gasteiger partial charge in [-0.2, -0.15) is 4.57 Å². The highest BCUT2D eigenvalue weighted by Crippen LogP contribution is 2.38. The molecule has 0 unspecified atom stereocenters. The zero-order chi connectivity index (χ0) is 24.7. The van der Waals surface area contributed by atoms with E-state index in [2.05, 4.69) is 143 Å². The Morgan fingerprint density at radius 3 is 1.83 bits per heavy atom. The minimum atomic E-state index is 0.0550. The van der Waals surface area contributed by atoms with Crippen LogP contribution >= 0.6 is 0 Å². The lowest BCUT2D eigenvalue weighted by Gasteiger charge is -2.24. The van der Waals surface area contributed by atoms with Crippen LogP contribution in [-0.4, -0.2) is 0 Å². The molecule has 0 aliphatic rings. The summed E-state index contributed by atoms with van der Waals surface area (Å²) in [5, 5.41) is 2.70. The lowest BCUT2D eigenvalue weighted by atomic mass is 9.80. The molecule has 1 nitrogen and oxygen atoms in total. The zero-order valence-electron chi connectivity index (χ0n) is 21.7. The monoisotopic (exact) mass is 456 g/mol. The molecule has 0 spiro atoms. The van der Waals surface area contributed by atoms with Crippen molar-refractivity contribution in [2.24, 2.45) is 7.05 Å². The lowest BCUT2D eigenvalue weighted by Crippen LogP contribution is -2.35. The summed E-state index contributed by atoms with van der Waals surface area (Å²) in [6, 6.07) is 35.3. The maximum absolute atomic E-state index is 2.43. The Morgan fingerprint density at radius 1 is 0.600 bits per heavy atom. The van der Waals surface area contributed by atoms with Crippen LogP contribution in [0.4, 0.5) is 0 Å². The molecule has 0 saturated heterocycles. The first-order valence-electron chi connectivity index (χ1n) is 12.4. The molecule has 35 heavy (non-hydrogen) atoms. The van der Waals surface area contributed by atoms with Crippen LogP contribution in [0, 0.1) is 13.8 Å². The Bertz CT molecular complexity index is 1520. The van der Waals surface area contributed by atoms with Crippen LogP contribution in [0.2, 0.25) is 0 Å². The predicted molar refractivity (Wildman–Crippen MR) is 150 cm³/mol. The van der Waals surface area contributed by atoms with Crippen molar-refractivity contribution < 1.29 is 4.57 Å². The molecule has 1 aromatic heterocycles. The van der Waals surface area contributed by atoms with Crippen molar-refractivity contribution in [3.8, 4) is 33.6 Å². The van der Waals surface area contributed by atoms with Gasteiger partial charge in [-0.1, -0.05) is 87.5 Å². The van der Waals surface area contributed by atoms with Crippen LogP contribution in [0.1, 0.15) is 37.5 Å². The van der Waals surface area contributed by atoms with Crippen LogP contribution in [-0.2, 0) is 12.5 Å². The van der Waals surface area contributed by atoms with Gasteiger partial charge in [0, 0.05) is 17.2 Å². The van der Waals surface area contributed by atoms with Gasteiger partial charge >= 0.3 is 0 Å². The Balaban J connectivity index is 1.69. The van der Waals surface area contributed by atoms with Crippen LogP contribution < -0.4 is 4.57 Å². The van der Waals surface area contributed by atoms with Gasteiger partial charge in [-0.3, -0.25) is 0 Å². The van der Waals surface area contributed by atoms with Crippen molar-refractivity contribution in [3.63, 3.8) is 0 Å². The number of nitrogens with zero attached hydrogens (tertiary/aromatic N) is 1. The second kappa shape index (κ2) is 8.82. The molecule has 0 aliphatic heterocycles. The van der Waals surface area contributed by atoms with Crippen LogP contribution in [0.5, 0.6) is 0 Å². The second-order valence-corrected chi connectivity index (χ2v) is 10.6. The minimum Gasteiger partial charge on any atom is -0.194 e. The van der Waals surface area contributed by atoms with Crippen molar-refractivity contribution >= 4 is 10.8 Å². The van der Waals surface area contributed by atoms with Crippen LogP contribution in [0.25, 0.3) is 44.4 Å². The average Bonchev–Trinajstić information content (AvgIpc) is 2.85. The van der Waals surface area contributed by atoms with Gasteiger partial charge in [0.25, 0.3) is 0 Å². The van der Waals surface area contributed by atoms with Crippen molar-refractivity contribution in [1.29, 1.82) is 0 Å². The molecule has 174 valence electrons. The van der Waals surface area contributed by atoms with Crippen molar-refractivity contribution in [2.75, 3.05) is 0 Å². The zero-order valence-corrected chi connectivity index (χ0v) is 21.7. The molecule has 0 atom stereocenters. The van der Waals surface area contributed by atoms with E-state index in [1.807, 2.05) is 0 Å². The molecule has 0 aliphatic carbocycles. The van der Waals surface area contributed by atoms with E-state index < -0.39 is 0 Å². The number of pyridine rings is 1. The normalized spacial score (nSPS) is 11.7. The topological polar surface area (TPSA) is 3.88 Å². The highest BCUT2D eigenvalue weighted by atomic mass is 14.9. The molecule has 1 heteroatoms. The molecular weight excluding hydrogens is 422 g/mol. The van der Waals surface area contributed by atoms with Crippen molar-refractivity contribution in [1.82, 2.24) is 0 Å². The third-order valence-electron chi connectivity index (χ3n) is 7.23. The molecule has 5 aromatic rings. The summed E-state index contributed by atoms with van der Waals surface area (Å²) in [7, 11) is 2.20. The number of fused-ring (bicyclic) bond motifs is 1. The Kier molecular flexibility index (Phi) is 5.81. The maximum atomic E-state index is 2.43. The third-order valence-corrected chi connectivity index (χ3v) is 7.23. The first-order chi connectivity index (χ1) is 16.8. The average molecular weight is 457 g/mol. The standard InChI is InChI=1S/C34H34N/c1-23-16-21-32(27-19-17-26(18-20-27)25-12-8-7-9-13-25)35(6)33(23)30-22-31(34(3,4)5)29-15-11-10-14-28(29)24(30)2/h7-22H,1-6H3/q+1. The molecule has 0 fully saturated rings. The maximum Gasteiger partial charge on any atom is 0.215 e. The quantitative estimate of drug-likeness (QED) is 0.239. The van der Waals surface area contributed by atoms with Gasteiger partial charge in [-0.25, -0.2) is 0 Å². The van der Waals surface area contributed by atoms with Crippen molar-refractivity contribution in [3.05, 3.63) is 114 Å². The van der Waals surface area contributed by atoms with E-state index in [1.165, 1.54) is 61.1 Å². The number of hydrogen-bond donors (Lipinski definition) is 0. The van der Waals surface area contributed by atoms with Crippen LogP contribution in [0.3, 0.4) is 0 Å². The highest BCUT2D eigenvalue weighted by molar-refractivity contribution is 5.94. The lowest BCUT2D eigenvalue weighted by molar-refractivity contribution is -0.649. The number of aromatic nitrogens is 1. The van der Waals surface area contributed by atoms with E-state index >= 15 is 0 Å². The fourth-order valence-corrected chi connectivity index (χ4v) is 5.31. The van der Waals surface area contributed by atoms with Gasteiger partial charge in [0.05, 0.1) is 5.56 Å². The third kappa shape index (κ3) is 4.17. The largest absolute Gasteiger partial charge is 0.215 e. The SMILES string of the molecule is Cc1ccc(-c2ccc(-c3ccccc3)cc2)[n+](C)c1-c1cc(C(C)(C)C)c2ccccc2c1C. The summed E-state index contributed by atoms with van der Waals surface area (Å²) in [5.41, 5.74) is 11.6. The molecular formula is C34H34N+. The molecule has 0 N–H and O–H groups in total. The molecule has 1 heterocycles. The fourth-order valence-electron chi connectivity index (χ4n) is 5.31. The summed E-state index contributed by atoms with van der Waals surface area (Å²) >= 11 is 0. The Morgan fingerprint density at radius 2 is 1.17 bits per heavy atom. The van der Waals surface area contributed by atoms with E-state index in [0.717, 1.165) is 0 Å². The van der Waals surface area contributed by atoms with Crippen LogP contribution in [0.15, 0.2) is 97.1 Å². The summed E-state index contributed by atoms with van der Waals surface area (Å²) in [5.74, 6) is 0. The van der Waals surface area contributed by atoms with E-state index in [9.17, 15) is 0 Å². The molecule has 0 radical (unpaired) electrons. The first-order valence-corrected chi connectivity index (χ1v) is 12.4. The molecule has 0 amide bonds. The summed E-state index contributed by atoms with van der Waals surface area (Å²) in [6.45, 7) is 11.4. The highest BCUT2D eigenvalue weighted by Gasteiger charge is 2.25. The molecule has 0 bridgehead atoms.